The van der Waals surface area contributed by atoms with Crippen molar-refractivity contribution in [2.24, 2.45) is 0 Å². The first kappa shape index (κ1) is 14.1. The van der Waals surface area contributed by atoms with Crippen molar-refractivity contribution in [3.05, 3.63) is 41.6 Å². The summed E-state index contributed by atoms with van der Waals surface area (Å²) in [6.45, 7) is 2.12. The van der Waals surface area contributed by atoms with Crippen LogP contribution in [0.25, 0.3) is 10.7 Å². The minimum Gasteiger partial charge on any atom is -0.339 e. The predicted molar refractivity (Wildman–Crippen MR) is 83.6 cm³/mol. The van der Waals surface area contributed by atoms with E-state index >= 15 is 0 Å². The minimum absolute atomic E-state index is 0.105. The molecule has 1 amide bonds. The summed E-state index contributed by atoms with van der Waals surface area (Å²) in [5, 5.41) is 5.93. The van der Waals surface area contributed by atoms with Gasteiger partial charge in [0, 0.05) is 32.1 Å². The Kier molecular flexibility index (Phi) is 3.66. The van der Waals surface area contributed by atoms with Crippen molar-refractivity contribution < 1.29 is 9.32 Å². The Balaban J connectivity index is 1.35. The molecule has 0 saturated carbocycles. The summed E-state index contributed by atoms with van der Waals surface area (Å²) in [5.74, 6) is 1.20. The van der Waals surface area contributed by atoms with E-state index < -0.39 is 0 Å². The lowest BCUT2D eigenvalue weighted by atomic mass is 10.2. The average molecular weight is 329 g/mol. The van der Waals surface area contributed by atoms with Crippen LogP contribution in [0.15, 0.2) is 34.6 Å². The fraction of sp³-hybridized carbons (Fsp3) is 0.333. The first-order valence-corrected chi connectivity index (χ1v) is 8.31. The van der Waals surface area contributed by atoms with Gasteiger partial charge in [0.1, 0.15) is 0 Å². The molecule has 0 spiro atoms. The van der Waals surface area contributed by atoms with Crippen molar-refractivity contribution in [1.29, 1.82) is 0 Å². The molecule has 0 bridgehead atoms. The van der Waals surface area contributed by atoms with Crippen LogP contribution in [0.2, 0.25) is 0 Å². The van der Waals surface area contributed by atoms with E-state index in [-0.39, 0.29) is 5.91 Å². The van der Waals surface area contributed by atoms with Gasteiger partial charge in [-0.05, 0) is 11.4 Å². The number of aromatic nitrogens is 4. The lowest BCUT2D eigenvalue weighted by Gasteiger charge is -2.28. The molecule has 0 fully saturated rings. The lowest BCUT2D eigenvalue weighted by molar-refractivity contribution is -0.132. The fourth-order valence-electron chi connectivity index (χ4n) is 2.63. The van der Waals surface area contributed by atoms with Crippen LogP contribution in [-0.2, 0) is 24.3 Å². The van der Waals surface area contributed by atoms with E-state index in [0.29, 0.717) is 37.6 Å². The van der Waals surface area contributed by atoms with E-state index in [1.54, 1.807) is 11.3 Å². The summed E-state index contributed by atoms with van der Waals surface area (Å²) in [6.07, 6.45) is 4.46. The molecule has 7 nitrogen and oxygen atoms in total. The molecule has 0 N–H and O–H groups in total. The third-order valence-corrected chi connectivity index (χ3v) is 4.74. The number of carbonyl (C=O) groups is 1. The molecule has 0 aliphatic carbocycles. The largest absolute Gasteiger partial charge is 0.339 e. The van der Waals surface area contributed by atoms with Crippen LogP contribution in [0, 0.1) is 0 Å². The van der Waals surface area contributed by atoms with E-state index in [4.69, 9.17) is 4.52 Å². The predicted octanol–water partition coefficient (Wildman–Crippen LogP) is 1.97. The van der Waals surface area contributed by atoms with Crippen LogP contribution < -0.4 is 0 Å². The van der Waals surface area contributed by atoms with Crippen LogP contribution in [0.5, 0.6) is 0 Å². The highest BCUT2D eigenvalue weighted by atomic mass is 32.1. The van der Waals surface area contributed by atoms with E-state index in [1.165, 1.54) is 0 Å². The first-order chi connectivity index (χ1) is 11.3. The maximum Gasteiger partial charge on any atom is 0.227 e. The normalized spacial score (nSPS) is 14.0. The van der Waals surface area contributed by atoms with Crippen molar-refractivity contribution in [2.75, 3.05) is 6.54 Å². The van der Waals surface area contributed by atoms with Crippen LogP contribution in [0.4, 0.5) is 0 Å². The summed E-state index contributed by atoms with van der Waals surface area (Å²) < 4.78 is 7.31. The number of thiophene rings is 1. The van der Waals surface area contributed by atoms with Crippen LogP contribution in [-0.4, -0.2) is 37.0 Å². The molecule has 3 aromatic heterocycles. The van der Waals surface area contributed by atoms with Crippen molar-refractivity contribution in [3.8, 4) is 10.7 Å². The molecular formula is C15H15N5O2S. The number of imidazole rings is 1. The summed E-state index contributed by atoms with van der Waals surface area (Å²) in [6, 6.07) is 3.89. The number of rotatable bonds is 4. The molecule has 1 aliphatic heterocycles. The van der Waals surface area contributed by atoms with Gasteiger partial charge in [-0.3, -0.25) is 4.79 Å². The Morgan fingerprint density at radius 2 is 2.35 bits per heavy atom. The Morgan fingerprint density at radius 3 is 3.22 bits per heavy atom. The van der Waals surface area contributed by atoms with Crippen molar-refractivity contribution >= 4 is 17.2 Å². The third kappa shape index (κ3) is 2.89. The number of amides is 1. The number of nitrogens with zero attached hydrogens (tertiary/aromatic N) is 5. The molecule has 4 rings (SSSR count). The zero-order valence-electron chi connectivity index (χ0n) is 12.4. The first-order valence-electron chi connectivity index (χ1n) is 7.43. The van der Waals surface area contributed by atoms with Gasteiger partial charge in [0.15, 0.2) is 0 Å². The number of aryl methyl sites for hydroxylation is 1. The Labute approximate surface area is 136 Å². The van der Waals surface area contributed by atoms with Crippen molar-refractivity contribution in [1.82, 2.24) is 24.6 Å². The zero-order valence-corrected chi connectivity index (χ0v) is 13.2. The number of hydrogen-bond acceptors (Lipinski definition) is 6. The third-order valence-electron chi connectivity index (χ3n) is 3.88. The Hall–Kier alpha value is -2.48. The monoisotopic (exact) mass is 329 g/mol. The highest BCUT2D eigenvalue weighted by molar-refractivity contribution is 7.13. The molecule has 0 aromatic carbocycles. The second-order valence-corrected chi connectivity index (χ2v) is 6.33. The molecule has 0 atom stereocenters. The number of carbonyl (C=O) groups excluding carboxylic acids is 1. The number of hydrogen-bond donors (Lipinski definition) is 0. The second kappa shape index (κ2) is 5.96. The maximum atomic E-state index is 12.3. The van der Waals surface area contributed by atoms with Crippen LogP contribution >= 0.6 is 11.3 Å². The van der Waals surface area contributed by atoms with E-state index in [2.05, 4.69) is 19.7 Å². The van der Waals surface area contributed by atoms with Gasteiger partial charge in [0.2, 0.25) is 17.6 Å². The SMILES string of the molecule is O=C(CCc1nc(-c2cccs2)no1)N1CCn2cncc2C1. The van der Waals surface area contributed by atoms with Crippen molar-refractivity contribution in [2.45, 2.75) is 25.9 Å². The Bertz CT molecular complexity index is 808. The molecule has 118 valence electrons. The summed E-state index contributed by atoms with van der Waals surface area (Å²) in [7, 11) is 0. The molecule has 0 unspecified atom stereocenters. The highest BCUT2D eigenvalue weighted by Crippen LogP contribution is 2.21. The summed E-state index contributed by atoms with van der Waals surface area (Å²) >= 11 is 1.56. The van der Waals surface area contributed by atoms with Crippen LogP contribution in [0.3, 0.4) is 0 Å². The van der Waals surface area contributed by atoms with Gasteiger partial charge < -0.3 is 14.0 Å². The average Bonchev–Trinajstić information content (AvgIpc) is 3.32. The molecule has 4 heterocycles. The van der Waals surface area contributed by atoms with Gasteiger partial charge in [0.05, 0.1) is 23.4 Å². The number of fused-ring (bicyclic) bond motifs is 1. The quantitative estimate of drug-likeness (QED) is 0.731. The fourth-order valence-corrected chi connectivity index (χ4v) is 3.28. The molecule has 0 saturated heterocycles. The van der Waals surface area contributed by atoms with Gasteiger partial charge in [-0.25, -0.2) is 4.98 Å². The second-order valence-electron chi connectivity index (χ2n) is 5.38. The van der Waals surface area contributed by atoms with Gasteiger partial charge in [-0.15, -0.1) is 11.3 Å². The smallest absolute Gasteiger partial charge is 0.227 e. The summed E-state index contributed by atoms with van der Waals surface area (Å²) in [4.78, 5) is 23.6. The zero-order chi connectivity index (χ0) is 15.6. The van der Waals surface area contributed by atoms with Gasteiger partial charge in [0.25, 0.3) is 0 Å². The van der Waals surface area contributed by atoms with Gasteiger partial charge >= 0.3 is 0 Å². The molecule has 1 aliphatic rings. The molecule has 8 heteroatoms. The summed E-state index contributed by atoms with van der Waals surface area (Å²) in [5.41, 5.74) is 1.07. The molecular weight excluding hydrogens is 314 g/mol. The van der Waals surface area contributed by atoms with E-state index in [0.717, 1.165) is 17.1 Å². The molecule has 0 radical (unpaired) electrons. The van der Waals surface area contributed by atoms with Gasteiger partial charge in [-0.1, -0.05) is 11.2 Å². The topological polar surface area (TPSA) is 77.0 Å². The molecule has 3 aromatic rings. The minimum atomic E-state index is 0.105. The Morgan fingerprint density at radius 1 is 1.39 bits per heavy atom. The standard InChI is InChI=1S/C15H15N5O2S/c21-14(19-5-6-20-10-16-8-11(20)9-19)4-3-13-17-15(18-22-13)12-2-1-7-23-12/h1-2,7-8,10H,3-6,9H2. The van der Waals surface area contributed by atoms with Crippen molar-refractivity contribution in [3.63, 3.8) is 0 Å². The van der Waals surface area contributed by atoms with E-state index in [9.17, 15) is 4.79 Å². The van der Waals surface area contributed by atoms with Crippen LogP contribution in [0.1, 0.15) is 18.0 Å². The molecule has 23 heavy (non-hydrogen) atoms. The lowest BCUT2D eigenvalue weighted by Crippen LogP contribution is -2.38. The highest BCUT2D eigenvalue weighted by Gasteiger charge is 2.21. The maximum absolute atomic E-state index is 12.3. The van der Waals surface area contributed by atoms with Gasteiger partial charge in [-0.2, -0.15) is 4.98 Å². The van der Waals surface area contributed by atoms with E-state index in [1.807, 2.05) is 34.9 Å².